The third-order valence-electron chi connectivity index (χ3n) is 4.48. The first-order chi connectivity index (χ1) is 11.9. The molecule has 1 atom stereocenters. The number of ether oxygens (including phenoxy) is 1. The summed E-state index contributed by atoms with van der Waals surface area (Å²) in [5.41, 5.74) is 5.38. The Hall–Kier alpha value is -1.64. The number of carbonyl (C=O) groups is 1. The average Bonchev–Trinajstić information content (AvgIpc) is 2.94. The number of likely N-dealkylation sites (tertiary alicyclic amines) is 1. The number of sulfonamides is 1. The van der Waals surface area contributed by atoms with Gasteiger partial charge in [-0.05, 0) is 57.4 Å². The van der Waals surface area contributed by atoms with Gasteiger partial charge in [0.15, 0.2) is 0 Å². The first-order valence-corrected chi connectivity index (χ1v) is 10.1. The predicted molar refractivity (Wildman–Crippen MR) is 101 cm³/mol. The molecule has 1 unspecified atom stereocenters. The molecular weight excluding hydrogens is 354 g/mol. The van der Waals surface area contributed by atoms with Crippen LogP contribution in [0.25, 0.3) is 0 Å². The summed E-state index contributed by atoms with van der Waals surface area (Å²) in [6.07, 6.45) is 0.835. The summed E-state index contributed by atoms with van der Waals surface area (Å²) in [5, 5.41) is 0. The van der Waals surface area contributed by atoms with E-state index < -0.39 is 15.6 Å². The molecule has 1 amide bonds. The van der Waals surface area contributed by atoms with Crippen molar-refractivity contribution in [2.75, 3.05) is 26.7 Å². The lowest BCUT2D eigenvalue weighted by atomic mass is 9.90. The average molecular weight is 384 g/mol. The minimum atomic E-state index is -3.83. The van der Waals surface area contributed by atoms with E-state index in [1.807, 2.05) is 0 Å². The largest absolute Gasteiger partial charge is 0.495 e. The minimum absolute atomic E-state index is 0.0402. The Morgan fingerprint density at radius 1 is 1.38 bits per heavy atom. The van der Waals surface area contributed by atoms with E-state index in [0.29, 0.717) is 25.2 Å². The van der Waals surface area contributed by atoms with Gasteiger partial charge in [-0.1, -0.05) is 6.92 Å². The zero-order valence-corrected chi connectivity index (χ0v) is 16.9. The summed E-state index contributed by atoms with van der Waals surface area (Å²) < 4.78 is 33.3. The van der Waals surface area contributed by atoms with E-state index in [1.165, 1.54) is 19.2 Å². The van der Waals surface area contributed by atoms with Crippen LogP contribution in [-0.4, -0.2) is 51.5 Å². The van der Waals surface area contributed by atoms with E-state index in [9.17, 15) is 13.2 Å². The van der Waals surface area contributed by atoms with Crippen LogP contribution in [0.15, 0.2) is 23.1 Å². The molecule has 1 saturated heterocycles. The van der Waals surface area contributed by atoms with Crippen molar-refractivity contribution in [3.05, 3.63) is 23.8 Å². The normalized spacial score (nSPS) is 21.1. The van der Waals surface area contributed by atoms with Crippen LogP contribution >= 0.6 is 0 Å². The lowest BCUT2D eigenvalue weighted by Gasteiger charge is -2.23. The number of nitrogens with two attached hydrogens (primary N) is 1. The molecule has 7 nitrogen and oxygen atoms in total. The van der Waals surface area contributed by atoms with Crippen molar-refractivity contribution < 1.29 is 17.9 Å². The molecular formula is C18H29N3O4S. The molecule has 0 spiro atoms. The second kappa shape index (κ2) is 7.17. The molecule has 0 radical (unpaired) electrons. The number of nitrogens with zero attached hydrogens (tertiary/aromatic N) is 1. The van der Waals surface area contributed by atoms with Crippen molar-refractivity contribution in [3.8, 4) is 5.75 Å². The second-order valence-corrected chi connectivity index (χ2v) is 9.86. The van der Waals surface area contributed by atoms with Gasteiger partial charge in [0.25, 0.3) is 5.91 Å². The summed E-state index contributed by atoms with van der Waals surface area (Å²) in [6.45, 7) is 9.00. The van der Waals surface area contributed by atoms with Gasteiger partial charge in [-0.3, -0.25) is 4.79 Å². The molecule has 3 N–H and O–H groups in total. The molecule has 1 heterocycles. The van der Waals surface area contributed by atoms with E-state index >= 15 is 0 Å². The van der Waals surface area contributed by atoms with Crippen LogP contribution in [0.3, 0.4) is 0 Å². The van der Waals surface area contributed by atoms with E-state index in [-0.39, 0.29) is 22.0 Å². The highest BCUT2D eigenvalue weighted by Crippen LogP contribution is 2.31. The van der Waals surface area contributed by atoms with Crippen LogP contribution in [0.5, 0.6) is 5.75 Å². The van der Waals surface area contributed by atoms with Crippen LogP contribution in [0, 0.1) is 5.41 Å². The van der Waals surface area contributed by atoms with Gasteiger partial charge in [0, 0.05) is 24.2 Å². The summed E-state index contributed by atoms with van der Waals surface area (Å²) in [6, 6.07) is 4.49. The Bertz CT molecular complexity index is 786. The first-order valence-electron chi connectivity index (χ1n) is 8.62. The Kier molecular flexibility index (Phi) is 5.70. The quantitative estimate of drug-likeness (QED) is 0.804. The van der Waals surface area contributed by atoms with Crippen LogP contribution in [0.1, 0.15) is 44.5 Å². The Morgan fingerprint density at radius 2 is 2.04 bits per heavy atom. The van der Waals surface area contributed by atoms with Crippen molar-refractivity contribution in [3.63, 3.8) is 0 Å². The third kappa shape index (κ3) is 4.55. The summed E-state index contributed by atoms with van der Waals surface area (Å²) in [7, 11) is -2.43. The monoisotopic (exact) mass is 383 g/mol. The summed E-state index contributed by atoms with van der Waals surface area (Å²) in [5.74, 6) is 0.00329. The maximum Gasteiger partial charge on any atom is 0.253 e. The minimum Gasteiger partial charge on any atom is -0.495 e. The highest BCUT2D eigenvalue weighted by Gasteiger charge is 2.35. The van der Waals surface area contributed by atoms with Crippen LogP contribution < -0.4 is 15.2 Å². The molecule has 1 aromatic rings. The zero-order valence-electron chi connectivity index (χ0n) is 16.1. The van der Waals surface area contributed by atoms with E-state index in [0.717, 1.165) is 6.42 Å². The van der Waals surface area contributed by atoms with Crippen molar-refractivity contribution in [1.29, 1.82) is 0 Å². The topological polar surface area (TPSA) is 102 Å². The van der Waals surface area contributed by atoms with Gasteiger partial charge in [-0.15, -0.1) is 0 Å². The fourth-order valence-electron chi connectivity index (χ4n) is 3.02. The highest BCUT2D eigenvalue weighted by atomic mass is 32.2. The van der Waals surface area contributed by atoms with Gasteiger partial charge in [-0.25, -0.2) is 13.1 Å². The molecule has 1 aliphatic rings. The number of hydrogen-bond donors (Lipinski definition) is 2. The van der Waals surface area contributed by atoms with Crippen molar-refractivity contribution in [2.45, 2.75) is 44.6 Å². The number of hydrogen-bond acceptors (Lipinski definition) is 5. The third-order valence-corrected chi connectivity index (χ3v) is 6.26. The number of nitrogens with one attached hydrogen (secondary N) is 1. The Morgan fingerprint density at radius 3 is 2.54 bits per heavy atom. The van der Waals surface area contributed by atoms with Gasteiger partial charge >= 0.3 is 0 Å². The predicted octanol–water partition coefficient (Wildman–Crippen LogP) is 1.58. The SMILES string of the molecule is COc1ccc(C(=O)N2CCC(C)(CN)C2)cc1S(=O)(=O)NC(C)(C)C. The fraction of sp³-hybridized carbons (Fsp3) is 0.611. The van der Waals surface area contributed by atoms with Gasteiger partial charge in [0.05, 0.1) is 7.11 Å². The van der Waals surface area contributed by atoms with Crippen molar-refractivity contribution in [1.82, 2.24) is 9.62 Å². The van der Waals surface area contributed by atoms with Crippen molar-refractivity contribution >= 4 is 15.9 Å². The molecule has 1 aliphatic heterocycles. The summed E-state index contributed by atoms with van der Waals surface area (Å²) in [4.78, 5) is 14.5. The van der Waals surface area contributed by atoms with E-state index in [1.54, 1.807) is 31.7 Å². The number of rotatable bonds is 5. The van der Waals surface area contributed by atoms with Crippen molar-refractivity contribution in [2.24, 2.45) is 11.1 Å². The molecule has 1 aromatic carbocycles. The first kappa shape index (κ1) is 20.7. The van der Waals surface area contributed by atoms with Gasteiger partial charge < -0.3 is 15.4 Å². The molecule has 2 rings (SSSR count). The van der Waals surface area contributed by atoms with Gasteiger partial charge in [-0.2, -0.15) is 0 Å². The van der Waals surface area contributed by atoms with Crippen LogP contribution in [-0.2, 0) is 10.0 Å². The van der Waals surface area contributed by atoms with Gasteiger partial charge in [0.1, 0.15) is 10.6 Å². The molecule has 8 heteroatoms. The number of benzene rings is 1. The highest BCUT2D eigenvalue weighted by molar-refractivity contribution is 7.89. The smallest absolute Gasteiger partial charge is 0.253 e. The second-order valence-electron chi connectivity index (χ2n) is 8.21. The Balaban J connectivity index is 2.37. The maximum atomic E-state index is 12.8. The lowest BCUT2D eigenvalue weighted by molar-refractivity contribution is 0.0776. The standard InChI is InChI=1S/C18H29N3O4S/c1-17(2,3)20-26(23,24)15-10-13(6-7-14(15)25-5)16(22)21-9-8-18(4,11-19)12-21/h6-7,10,20H,8-9,11-12,19H2,1-5H3. The van der Waals surface area contributed by atoms with Crippen LogP contribution in [0.2, 0.25) is 0 Å². The molecule has 26 heavy (non-hydrogen) atoms. The number of methoxy groups -OCH3 is 1. The Labute approximate surface area is 155 Å². The molecule has 146 valence electrons. The fourth-order valence-corrected chi connectivity index (χ4v) is 4.64. The van der Waals surface area contributed by atoms with Crippen LogP contribution in [0.4, 0.5) is 0 Å². The lowest BCUT2D eigenvalue weighted by Crippen LogP contribution is -2.40. The molecule has 0 aliphatic carbocycles. The maximum absolute atomic E-state index is 12.8. The molecule has 0 bridgehead atoms. The molecule has 0 aromatic heterocycles. The number of carbonyl (C=O) groups excluding carboxylic acids is 1. The number of amides is 1. The molecule has 0 saturated carbocycles. The van der Waals surface area contributed by atoms with E-state index in [4.69, 9.17) is 10.5 Å². The van der Waals surface area contributed by atoms with E-state index in [2.05, 4.69) is 11.6 Å². The molecule has 1 fully saturated rings. The zero-order chi connectivity index (χ0) is 19.8. The summed E-state index contributed by atoms with van der Waals surface area (Å²) >= 11 is 0. The van der Waals surface area contributed by atoms with Gasteiger partial charge in [0.2, 0.25) is 10.0 Å².